The normalized spacial score (nSPS) is 15.4. The van der Waals surface area contributed by atoms with Gasteiger partial charge in [-0.25, -0.2) is 13.1 Å². The first-order valence-corrected chi connectivity index (χ1v) is 10.8. The van der Waals surface area contributed by atoms with E-state index in [2.05, 4.69) is 4.72 Å². The minimum atomic E-state index is -3.62. The summed E-state index contributed by atoms with van der Waals surface area (Å²) in [5.41, 5.74) is 0. The number of fused-ring (bicyclic) bond motifs is 1. The number of nitrogens with zero attached hydrogens (tertiary/aromatic N) is 1. The van der Waals surface area contributed by atoms with Gasteiger partial charge < -0.3 is 4.90 Å². The lowest BCUT2D eigenvalue weighted by molar-refractivity contribution is -0.133. The molecule has 0 radical (unpaired) electrons. The Labute approximate surface area is 155 Å². The first kappa shape index (κ1) is 18.9. The van der Waals surface area contributed by atoms with Crippen LogP contribution in [0.2, 0.25) is 0 Å². The van der Waals surface area contributed by atoms with E-state index < -0.39 is 10.0 Å². The Morgan fingerprint density at radius 2 is 1.81 bits per heavy atom. The maximum atomic E-state index is 12.5. The first-order chi connectivity index (χ1) is 12.5. The second-order valence-corrected chi connectivity index (χ2v) is 8.54. The number of rotatable bonds is 7. The number of carbonyl (C=O) groups is 1. The molecular formula is C20H26N2O3S. The summed E-state index contributed by atoms with van der Waals surface area (Å²) >= 11 is 0. The van der Waals surface area contributed by atoms with Crippen molar-refractivity contribution < 1.29 is 13.2 Å². The van der Waals surface area contributed by atoms with E-state index in [1.54, 1.807) is 18.2 Å². The van der Waals surface area contributed by atoms with Gasteiger partial charge in [-0.3, -0.25) is 4.79 Å². The van der Waals surface area contributed by atoms with Crippen molar-refractivity contribution in [2.75, 3.05) is 13.1 Å². The van der Waals surface area contributed by atoms with Crippen LogP contribution in [0.3, 0.4) is 0 Å². The summed E-state index contributed by atoms with van der Waals surface area (Å²) in [4.78, 5) is 14.6. The molecule has 0 heterocycles. The summed E-state index contributed by atoms with van der Waals surface area (Å²) in [6.45, 7) is 2.79. The molecule has 1 N–H and O–H groups in total. The van der Waals surface area contributed by atoms with Gasteiger partial charge in [-0.2, -0.15) is 0 Å². The van der Waals surface area contributed by atoms with Gasteiger partial charge in [-0.05, 0) is 42.7 Å². The molecule has 3 rings (SSSR count). The third-order valence-corrected chi connectivity index (χ3v) is 6.55. The second kappa shape index (κ2) is 8.18. The number of nitrogens with one attached hydrogen (secondary N) is 1. The molecule has 1 fully saturated rings. The quantitative estimate of drug-likeness (QED) is 0.809. The zero-order valence-corrected chi connectivity index (χ0v) is 16.0. The molecule has 0 aliphatic heterocycles. The van der Waals surface area contributed by atoms with Crippen molar-refractivity contribution in [1.29, 1.82) is 0 Å². The number of amides is 1. The van der Waals surface area contributed by atoms with Crippen molar-refractivity contribution >= 4 is 26.7 Å². The minimum Gasteiger partial charge on any atom is -0.340 e. The van der Waals surface area contributed by atoms with Crippen LogP contribution < -0.4 is 4.72 Å². The van der Waals surface area contributed by atoms with Crippen LogP contribution in [0, 0.1) is 0 Å². The largest absolute Gasteiger partial charge is 0.340 e. The van der Waals surface area contributed by atoms with Gasteiger partial charge in [-0.15, -0.1) is 0 Å². The molecule has 2 aromatic carbocycles. The number of benzene rings is 2. The highest BCUT2D eigenvalue weighted by Gasteiger charge is 2.25. The summed E-state index contributed by atoms with van der Waals surface area (Å²) in [6.07, 6.45) is 4.65. The predicted octanol–water partition coefficient (Wildman–Crippen LogP) is 3.30. The van der Waals surface area contributed by atoms with Crippen LogP contribution in [-0.2, 0) is 14.8 Å². The van der Waals surface area contributed by atoms with Crippen molar-refractivity contribution in [2.24, 2.45) is 0 Å². The molecule has 0 spiro atoms. The molecule has 2 aromatic rings. The molecule has 1 aliphatic rings. The van der Waals surface area contributed by atoms with E-state index in [-0.39, 0.29) is 23.8 Å². The molecule has 1 saturated carbocycles. The summed E-state index contributed by atoms with van der Waals surface area (Å²) in [6, 6.07) is 13.0. The molecular weight excluding hydrogens is 348 g/mol. The summed E-state index contributed by atoms with van der Waals surface area (Å²) < 4.78 is 27.6. The summed E-state index contributed by atoms with van der Waals surface area (Å²) in [5, 5.41) is 1.88. The average molecular weight is 375 g/mol. The van der Waals surface area contributed by atoms with Crippen LogP contribution in [0.4, 0.5) is 0 Å². The highest BCUT2D eigenvalue weighted by molar-refractivity contribution is 7.89. The smallest absolute Gasteiger partial charge is 0.240 e. The Kier molecular flexibility index (Phi) is 5.94. The van der Waals surface area contributed by atoms with Crippen LogP contribution in [0.15, 0.2) is 47.4 Å². The molecule has 0 aromatic heterocycles. The summed E-state index contributed by atoms with van der Waals surface area (Å²) in [5.74, 6) is 0.0283. The maximum absolute atomic E-state index is 12.5. The number of hydrogen-bond donors (Lipinski definition) is 1. The molecule has 1 aliphatic carbocycles. The van der Waals surface area contributed by atoms with Crippen LogP contribution in [-0.4, -0.2) is 38.4 Å². The number of carbonyl (C=O) groups excluding carboxylic acids is 1. The van der Waals surface area contributed by atoms with E-state index in [0.717, 1.165) is 23.6 Å². The predicted molar refractivity (Wildman–Crippen MR) is 103 cm³/mol. The monoisotopic (exact) mass is 374 g/mol. The van der Waals surface area contributed by atoms with Gasteiger partial charge >= 0.3 is 0 Å². The van der Waals surface area contributed by atoms with E-state index in [4.69, 9.17) is 0 Å². The fraction of sp³-hybridized carbons (Fsp3) is 0.450. The molecule has 0 saturated heterocycles. The molecule has 0 unspecified atom stereocenters. The van der Waals surface area contributed by atoms with Crippen molar-refractivity contribution in [1.82, 2.24) is 9.62 Å². The Balaban J connectivity index is 1.61. The van der Waals surface area contributed by atoms with Crippen molar-refractivity contribution in [3.63, 3.8) is 0 Å². The topological polar surface area (TPSA) is 66.5 Å². The first-order valence-electron chi connectivity index (χ1n) is 9.29. The lowest BCUT2D eigenvalue weighted by Crippen LogP contribution is -2.40. The SMILES string of the molecule is CCN(C(=O)CCNS(=O)(=O)c1ccc2ccccc2c1)C1CCCC1. The highest BCUT2D eigenvalue weighted by Crippen LogP contribution is 2.24. The van der Waals surface area contributed by atoms with Crippen molar-refractivity contribution in [3.8, 4) is 0 Å². The van der Waals surface area contributed by atoms with Gasteiger partial charge in [0.15, 0.2) is 0 Å². The molecule has 1 amide bonds. The zero-order chi connectivity index (χ0) is 18.6. The molecule has 26 heavy (non-hydrogen) atoms. The van der Waals surface area contributed by atoms with Crippen LogP contribution >= 0.6 is 0 Å². The lowest BCUT2D eigenvalue weighted by atomic mass is 10.1. The zero-order valence-electron chi connectivity index (χ0n) is 15.1. The Hall–Kier alpha value is -1.92. The average Bonchev–Trinajstić information content (AvgIpc) is 3.16. The van der Waals surface area contributed by atoms with E-state index in [0.29, 0.717) is 12.6 Å². The van der Waals surface area contributed by atoms with Crippen LogP contribution in [0.5, 0.6) is 0 Å². The highest BCUT2D eigenvalue weighted by atomic mass is 32.2. The maximum Gasteiger partial charge on any atom is 0.240 e. The molecule has 5 nitrogen and oxygen atoms in total. The van der Waals surface area contributed by atoms with Crippen molar-refractivity contribution in [3.05, 3.63) is 42.5 Å². The van der Waals surface area contributed by atoms with Gasteiger partial charge in [0, 0.05) is 25.6 Å². The Morgan fingerprint density at radius 1 is 1.12 bits per heavy atom. The number of hydrogen-bond acceptors (Lipinski definition) is 3. The van der Waals surface area contributed by atoms with Crippen LogP contribution in [0.1, 0.15) is 39.0 Å². The van der Waals surface area contributed by atoms with E-state index in [9.17, 15) is 13.2 Å². The Morgan fingerprint density at radius 3 is 2.50 bits per heavy atom. The van der Waals surface area contributed by atoms with Gasteiger partial charge in [0.25, 0.3) is 0 Å². The molecule has 140 valence electrons. The second-order valence-electron chi connectivity index (χ2n) is 6.77. The molecule has 6 heteroatoms. The van der Waals surface area contributed by atoms with E-state index >= 15 is 0 Å². The standard InChI is InChI=1S/C20H26N2O3S/c1-2-22(18-9-5-6-10-18)20(23)13-14-21-26(24,25)19-12-11-16-7-3-4-8-17(16)15-19/h3-4,7-8,11-12,15,18,21H,2,5-6,9-10,13-14H2,1H3. The van der Waals surface area contributed by atoms with E-state index in [1.807, 2.05) is 36.1 Å². The summed E-state index contributed by atoms with van der Waals surface area (Å²) in [7, 11) is -3.62. The molecule has 0 atom stereocenters. The Bertz CT molecular complexity index is 874. The molecule has 0 bridgehead atoms. The van der Waals surface area contributed by atoms with Crippen LogP contribution in [0.25, 0.3) is 10.8 Å². The number of sulfonamides is 1. The third kappa shape index (κ3) is 4.24. The van der Waals surface area contributed by atoms with Gasteiger partial charge in [-0.1, -0.05) is 43.2 Å². The van der Waals surface area contributed by atoms with E-state index in [1.165, 1.54) is 12.8 Å². The lowest BCUT2D eigenvalue weighted by Gasteiger charge is -2.27. The third-order valence-electron chi connectivity index (χ3n) is 5.09. The van der Waals surface area contributed by atoms with Gasteiger partial charge in [0.1, 0.15) is 0 Å². The fourth-order valence-corrected chi connectivity index (χ4v) is 4.77. The van der Waals surface area contributed by atoms with Gasteiger partial charge in [0.2, 0.25) is 15.9 Å². The fourth-order valence-electron chi connectivity index (χ4n) is 3.71. The minimum absolute atomic E-state index is 0.0283. The van der Waals surface area contributed by atoms with Gasteiger partial charge in [0.05, 0.1) is 4.90 Å². The van der Waals surface area contributed by atoms with Crippen molar-refractivity contribution in [2.45, 2.75) is 50.0 Å².